The average molecular weight is 236 g/mol. The Morgan fingerprint density at radius 3 is 2.35 bits per heavy atom. The largest absolute Gasteiger partial charge is 0.467 e. The number of hydrogen-bond acceptors (Lipinski definition) is 5. The molecular weight excluding hydrogens is 224 g/mol. The molecule has 0 heterocycles. The SMILES string of the molecule is COC(=O)[C@H](C)N(N=O)C(=O)c1ccccc1. The standard InChI is InChI=1S/C11H12N2O4/c1-8(11(15)17-2)13(12-16)10(14)9-6-4-3-5-7-9/h3-8H,1-2H3/t8-/m0/s1. The van der Waals surface area contributed by atoms with Gasteiger partial charge in [0.05, 0.1) is 12.4 Å². The Balaban J connectivity index is 2.92. The topological polar surface area (TPSA) is 76.0 Å². The Morgan fingerprint density at radius 1 is 1.29 bits per heavy atom. The van der Waals surface area contributed by atoms with E-state index in [1.165, 1.54) is 26.2 Å². The second-order valence-corrected chi connectivity index (χ2v) is 3.30. The number of methoxy groups -OCH3 is 1. The number of ether oxygens (including phenoxy) is 1. The molecule has 0 aliphatic carbocycles. The number of carbonyl (C=O) groups is 2. The first-order valence-electron chi connectivity index (χ1n) is 4.91. The van der Waals surface area contributed by atoms with Crippen LogP contribution in [0.4, 0.5) is 0 Å². The van der Waals surface area contributed by atoms with Gasteiger partial charge in [-0.1, -0.05) is 18.2 Å². The maximum Gasteiger partial charge on any atom is 0.330 e. The van der Waals surface area contributed by atoms with E-state index in [2.05, 4.69) is 10.0 Å². The van der Waals surface area contributed by atoms with Crippen molar-refractivity contribution in [2.45, 2.75) is 13.0 Å². The molecule has 17 heavy (non-hydrogen) atoms. The second-order valence-electron chi connectivity index (χ2n) is 3.30. The van der Waals surface area contributed by atoms with Gasteiger partial charge in [-0.3, -0.25) is 4.79 Å². The van der Waals surface area contributed by atoms with E-state index in [-0.39, 0.29) is 5.56 Å². The first-order valence-corrected chi connectivity index (χ1v) is 4.91. The van der Waals surface area contributed by atoms with E-state index in [1.807, 2.05) is 0 Å². The van der Waals surface area contributed by atoms with Crippen LogP contribution < -0.4 is 0 Å². The van der Waals surface area contributed by atoms with Crippen molar-refractivity contribution in [2.24, 2.45) is 5.29 Å². The fourth-order valence-electron chi connectivity index (χ4n) is 1.27. The zero-order valence-electron chi connectivity index (χ0n) is 9.49. The van der Waals surface area contributed by atoms with Crippen molar-refractivity contribution in [3.8, 4) is 0 Å². The molecule has 0 radical (unpaired) electrons. The molecule has 1 rings (SSSR count). The molecule has 0 N–H and O–H groups in total. The molecule has 1 atom stereocenters. The number of benzene rings is 1. The van der Waals surface area contributed by atoms with E-state index in [1.54, 1.807) is 18.2 Å². The first kappa shape index (κ1) is 12.8. The summed E-state index contributed by atoms with van der Waals surface area (Å²) in [6.45, 7) is 1.37. The molecule has 6 nitrogen and oxygen atoms in total. The van der Waals surface area contributed by atoms with Crippen molar-refractivity contribution in [1.82, 2.24) is 5.01 Å². The number of hydrogen-bond donors (Lipinski definition) is 0. The number of nitrogens with zero attached hydrogens (tertiary/aromatic N) is 2. The summed E-state index contributed by atoms with van der Waals surface area (Å²) in [6, 6.07) is 7.05. The number of amides is 1. The van der Waals surface area contributed by atoms with Gasteiger partial charge in [0.15, 0.2) is 6.04 Å². The van der Waals surface area contributed by atoms with Gasteiger partial charge in [0.2, 0.25) is 0 Å². The Hall–Kier alpha value is -2.24. The molecule has 0 saturated carbocycles. The predicted octanol–water partition coefficient (Wildman–Crippen LogP) is 1.37. The van der Waals surface area contributed by atoms with Crippen molar-refractivity contribution in [3.05, 3.63) is 40.8 Å². The molecule has 0 unspecified atom stereocenters. The quantitative estimate of drug-likeness (QED) is 0.449. The molecule has 0 spiro atoms. The monoisotopic (exact) mass is 236 g/mol. The lowest BCUT2D eigenvalue weighted by Crippen LogP contribution is -2.39. The highest BCUT2D eigenvalue weighted by molar-refractivity contribution is 5.96. The average Bonchev–Trinajstić information content (AvgIpc) is 2.39. The zero-order chi connectivity index (χ0) is 12.8. The molecule has 0 aliphatic rings. The van der Waals surface area contributed by atoms with Gasteiger partial charge in [0, 0.05) is 5.56 Å². The van der Waals surface area contributed by atoms with Gasteiger partial charge in [-0.05, 0) is 19.1 Å². The van der Waals surface area contributed by atoms with Gasteiger partial charge < -0.3 is 4.74 Å². The molecule has 0 fully saturated rings. The van der Waals surface area contributed by atoms with Gasteiger partial charge in [0.25, 0.3) is 5.91 Å². The highest BCUT2D eigenvalue weighted by Gasteiger charge is 2.28. The number of rotatable bonds is 4. The molecule has 0 saturated heterocycles. The summed E-state index contributed by atoms with van der Waals surface area (Å²) in [5.74, 6) is -1.34. The van der Waals surface area contributed by atoms with Crippen molar-refractivity contribution in [3.63, 3.8) is 0 Å². The van der Waals surface area contributed by atoms with Crippen LogP contribution in [-0.2, 0) is 9.53 Å². The minimum atomic E-state index is -1.05. The molecule has 1 aromatic rings. The minimum absolute atomic E-state index is 0.280. The molecule has 1 aromatic carbocycles. The number of carbonyl (C=O) groups excluding carboxylic acids is 2. The van der Waals surface area contributed by atoms with Gasteiger partial charge in [0.1, 0.15) is 0 Å². The van der Waals surface area contributed by atoms with Crippen LogP contribution in [0.1, 0.15) is 17.3 Å². The molecule has 6 heteroatoms. The molecule has 0 aliphatic heterocycles. The first-order chi connectivity index (χ1) is 8.11. The molecule has 0 aromatic heterocycles. The van der Waals surface area contributed by atoms with Crippen LogP contribution in [0.25, 0.3) is 0 Å². The summed E-state index contributed by atoms with van der Waals surface area (Å²) in [4.78, 5) is 33.7. The van der Waals surface area contributed by atoms with Gasteiger partial charge in [-0.25, -0.2) is 4.79 Å². The Bertz CT molecular complexity index is 419. The minimum Gasteiger partial charge on any atom is -0.467 e. The lowest BCUT2D eigenvalue weighted by molar-refractivity contribution is -0.145. The fraction of sp³-hybridized carbons (Fsp3) is 0.273. The second kappa shape index (κ2) is 5.74. The van der Waals surface area contributed by atoms with Crippen LogP contribution in [0.3, 0.4) is 0 Å². The third-order valence-corrected chi connectivity index (χ3v) is 2.23. The third-order valence-electron chi connectivity index (χ3n) is 2.23. The smallest absolute Gasteiger partial charge is 0.330 e. The van der Waals surface area contributed by atoms with E-state index in [0.29, 0.717) is 5.01 Å². The van der Waals surface area contributed by atoms with E-state index < -0.39 is 17.9 Å². The van der Waals surface area contributed by atoms with E-state index in [4.69, 9.17) is 0 Å². The maximum atomic E-state index is 11.9. The number of nitroso groups, excluding NO2 is 1. The molecule has 0 bridgehead atoms. The lowest BCUT2D eigenvalue weighted by atomic mass is 10.2. The van der Waals surface area contributed by atoms with Gasteiger partial charge >= 0.3 is 5.97 Å². The van der Waals surface area contributed by atoms with Crippen LogP contribution in [0.15, 0.2) is 35.6 Å². The van der Waals surface area contributed by atoms with Crippen LogP contribution in [-0.4, -0.2) is 30.0 Å². The lowest BCUT2D eigenvalue weighted by Gasteiger charge is -2.18. The zero-order valence-corrected chi connectivity index (χ0v) is 9.49. The van der Waals surface area contributed by atoms with Crippen molar-refractivity contribution >= 4 is 11.9 Å². The van der Waals surface area contributed by atoms with E-state index >= 15 is 0 Å². The number of esters is 1. The normalized spacial score (nSPS) is 11.4. The Labute approximate surface area is 98.1 Å². The van der Waals surface area contributed by atoms with E-state index in [0.717, 1.165) is 0 Å². The van der Waals surface area contributed by atoms with E-state index in [9.17, 15) is 14.5 Å². The summed E-state index contributed by atoms with van der Waals surface area (Å²) in [6.07, 6.45) is 0. The highest BCUT2D eigenvalue weighted by Crippen LogP contribution is 2.09. The van der Waals surface area contributed by atoms with Crippen molar-refractivity contribution in [2.75, 3.05) is 7.11 Å². The molecule has 1 amide bonds. The van der Waals surface area contributed by atoms with Crippen LogP contribution >= 0.6 is 0 Å². The van der Waals surface area contributed by atoms with Gasteiger partial charge in [-0.15, -0.1) is 4.91 Å². The summed E-state index contributed by atoms with van der Waals surface area (Å²) in [5.41, 5.74) is 0.280. The summed E-state index contributed by atoms with van der Waals surface area (Å²) >= 11 is 0. The highest BCUT2D eigenvalue weighted by atomic mass is 16.5. The van der Waals surface area contributed by atoms with Crippen LogP contribution in [0.2, 0.25) is 0 Å². The Morgan fingerprint density at radius 2 is 1.88 bits per heavy atom. The third kappa shape index (κ3) is 2.87. The van der Waals surface area contributed by atoms with Crippen molar-refractivity contribution < 1.29 is 14.3 Å². The van der Waals surface area contributed by atoms with Gasteiger partial charge in [-0.2, -0.15) is 5.01 Å². The fourth-order valence-corrected chi connectivity index (χ4v) is 1.27. The summed E-state index contributed by atoms with van der Waals surface area (Å²) in [7, 11) is 1.18. The Kier molecular flexibility index (Phi) is 4.33. The molecule has 90 valence electrons. The van der Waals surface area contributed by atoms with Crippen LogP contribution in [0, 0.1) is 4.91 Å². The van der Waals surface area contributed by atoms with Crippen molar-refractivity contribution in [1.29, 1.82) is 0 Å². The van der Waals surface area contributed by atoms with Crippen LogP contribution in [0.5, 0.6) is 0 Å². The maximum absolute atomic E-state index is 11.9. The summed E-state index contributed by atoms with van der Waals surface area (Å²) in [5, 5.41) is 3.12. The predicted molar refractivity (Wildman–Crippen MR) is 59.9 cm³/mol. The molecular formula is C11H12N2O4. The summed E-state index contributed by atoms with van der Waals surface area (Å²) < 4.78 is 4.45.